The Hall–Kier alpha value is -2.56. The molecule has 5 nitrogen and oxygen atoms in total. The van der Waals surface area contributed by atoms with Gasteiger partial charge in [-0.05, 0) is 12.1 Å². The summed E-state index contributed by atoms with van der Waals surface area (Å²) in [6.45, 7) is 1.85. The Kier molecular flexibility index (Phi) is 3.02. The Balaban J connectivity index is 2.03. The maximum absolute atomic E-state index is 12.3. The van der Waals surface area contributed by atoms with Crippen LogP contribution in [0.25, 0.3) is 0 Å². The van der Waals surface area contributed by atoms with Crippen molar-refractivity contribution in [1.29, 1.82) is 0 Å². The molecule has 0 N–H and O–H groups in total. The zero-order valence-corrected chi connectivity index (χ0v) is 10.9. The van der Waals surface area contributed by atoms with Gasteiger partial charge in [0.1, 0.15) is 0 Å². The first kappa shape index (κ1) is 12.5. The van der Waals surface area contributed by atoms with Crippen LogP contribution in [0.4, 0.5) is 5.69 Å². The molecular weight excluding hydrogens is 256 g/mol. The molecule has 0 unspecified atom stereocenters. The van der Waals surface area contributed by atoms with Crippen LogP contribution in [0.1, 0.15) is 40.3 Å². The van der Waals surface area contributed by atoms with Gasteiger partial charge in [-0.15, -0.1) is 0 Å². The van der Waals surface area contributed by atoms with Crippen molar-refractivity contribution in [3.8, 4) is 0 Å². The lowest BCUT2D eigenvalue weighted by Crippen LogP contribution is -2.26. The van der Waals surface area contributed by atoms with Gasteiger partial charge in [-0.1, -0.05) is 25.1 Å². The number of aryl methyl sites for hydroxylation is 1. The summed E-state index contributed by atoms with van der Waals surface area (Å²) in [4.78, 5) is 32.6. The molecule has 1 aliphatic rings. The molecule has 0 radical (unpaired) electrons. The van der Waals surface area contributed by atoms with Crippen molar-refractivity contribution in [3.05, 3.63) is 47.7 Å². The Morgan fingerprint density at radius 3 is 2.70 bits per heavy atom. The first-order chi connectivity index (χ1) is 9.69. The molecule has 2 aromatic rings. The average molecular weight is 268 g/mol. The predicted octanol–water partition coefficient (Wildman–Crippen LogP) is 2.78. The predicted molar refractivity (Wildman–Crippen MR) is 72.7 cm³/mol. The van der Waals surface area contributed by atoms with Crippen molar-refractivity contribution in [2.24, 2.45) is 4.99 Å². The summed E-state index contributed by atoms with van der Waals surface area (Å²) in [5.41, 5.74) is 0.948. The third-order valence-electron chi connectivity index (χ3n) is 3.05. The van der Waals surface area contributed by atoms with Gasteiger partial charge in [0.05, 0.1) is 17.8 Å². The molecule has 1 aliphatic carbocycles. The quantitative estimate of drug-likeness (QED) is 0.839. The van der Waals surface area contributed by atoms with Crippen molar-refractivity contribution >= 4 is 23.0 Å². The molecule has 100 valence electrons. The summed E-state index contributed by atoms with van der Waals surface area (Å²) < 4.78 is 5.30. The zero-order valence-electron chi connectivity index (χ0n) is 10.9. The number of nitrogens with zero attached hydrogens (tertiary/aromatic N) is 2. The highest BCUT2D eigenvalue weighted by molar-refractivity contribution is 6.52. The van der Waals surface area contributed by atoms with E-state index < -0.39 is 0 Å². The fourth-order valence-corrected chi connectivity index (χ4v) is 2.06. The number of carbonyl (C=O) groups is 2. The summed E-state index contributed by atoms with van der Waals surface area (Å²) in [5.74, 6) is -0.107. The van der Waals surface area contributed by atoms with Gasteiger partial charge in [-0.25, -0.2) is 9.98 Å². The molecule has 0 aliphatic heterocycles. The zero-order chi connectivity index (χ0) is 14.1. The summed E-state index contributed by atoms with van der Waals surface area (Å²) in [7, 11) is 0. The highest BCUT2D eigenvalue weighted by Crippen LogP contribution is 2.23. The molecule has 0 fully saturated rings. The van der Waals surface area contributed by atoms with Crippen LogP contribution >= 0.6 is 0 Å². The number of aromatic nitrogens is 1. The van der Waals surface area contributed by atoms with Gasteiger partial charge in [0, 0.05) is 6.42 Å². The number of hydrogen-bond donors (Lipinski definition) is 0. The Morgan fingerprint density at radius 2 is 2.00 bits per heavy atom. The largest absolute Gasteiger partial charge is 0.437 e. The molecule has 0 atom stereocenters. The van der Waals surface area contributed by atoms with E-state index in [4.69, 9.17) is 4.42 Å². The van der Waals surface area contributed by atoms with Crippen LogP contribution in [0.15, 0.2) is 39.7 Å². The first-order valence-corrected chi connectivity index (χ1v) is 6.39. The number of rotatable bonds is 2. The van der Waals surface area contributed by atoms with Gasteiger partial charge in [-0.3, -0.25) is 9.59 Å². The van der Waals surface area contributed by atoms with Gasteiger partial charge >= 0.3 is 0 Å². The highest BCUT2D eigenvalue weighted by Gasteiger charge is 2.34. The van der Waals surface area contributed by atoms with Crippen LogP contribution in [-0.4, -0.2) is 22.3 Å². The lowest BCUT2D eigenvalue weighted by atomic mass is 9.97. The third-order valence-corrected chi connectivity index (χ3v) is 3.05. The van der Waals surface area contributed by atoms with Crippen molar-refractivity contribution in [3.63, 3.8) is 0 Å². The lowest BCUT2D eigenvalue weighted by molar-refractivity contribution is 0.0939. The number of carbonyl (C=O) groups excluding carboxylic acids is 2. The molecular formula is C15H12N2O3. The van der Waals surface area contributed by atoms with Crippen LogP contribution in [0.2, 0.25) is 0 Å². The van der Waals surface area contributed by atoms with E-state index in [2.05, 4.69) is 9.98 Å². The maximum Gasteiger partial charge on any atom is 0.230 e. The normalized spacial score (nSPS) is 16.6. The van der Waals surface area contributed by atoms with Gasteiger partial charge in [0.2, 0.25) is 17.3 Å². The van der Waals surface area contributed by atoms with Crippen LogP contribution in [0, 0.1) is 0 Å². The van der Waals surface area contributed by atoms with E-state index >= 15 is 0 Å². The van der Waals surface area contributed by atoms with E-state index in [0.717, 1.165) is 0 Å². The van der Waals surface area contributed by atoms with Crippen molar-refractivity contribution in [1.82, 2.24) is 4.98 Å². The summed E-state index contributed by atoms with van der Waals surface area (Å²) >= 11 is 0. The summed E-state index contributed by atoms with van der Waals surface area (Å²) in [6.07, 6.45) is 0.498. The minimum absolute atomic E-state index is 0.0426. The Morgan fingerprint density at radius 1 is 1.25 bits per heavy atom. The summed E-state index contributed by atoms with van der Waals surface area (Å²) in [6, 6.07) is 9.07. The molecule has 0 saturated heterocycles. The van der Waals surface area contributed by atoms with Gasteiger partial charge < -0.3 is 4.42 Å². The van der Waals surface area contributed by atoms with Crippen molar-refractivity contribution < 1.29 is 14.0 Å². The molecule has 0 bridgehead atoms. The van der Waals surface area contributed by atoms with Crippen LogP contribution in [0.3, 0.4) is 0 Å². The average Bonchev–Trinajstić information content (AvgIpc) is 2.91. The Labute approximate surface area is 115 Å². The molecule has 3 rings (SSSR count). The van der Waals surface area contributed by atoms with E-state index in [-0.39, 0.29) is 35.2 Å². The van der Waals surface area contributed by atoms with Crippen LogP contribution < -0.4 is 0 Å². The number of oxazole rings is 1. The smallest absolute Gasteiger partial charge is 0.230 e. The van der Waals surface area contributed by atoms with E-state index in [1.54, 1.807) is 12.1 Å². The maximum atomic E-state index is 12.3. The number of hydrogen-bond acceptors (Lipinski definition) is 5. The van der Waals surface area contributed by atoms with E-state index in [1.165, 1.54) is 0 Å². The second-order valence-corrected chi connectivity index (χ2v) is 4.46. The molecule has 0 saturated carbocycles. The minimum atomic E-state index is -0.327. The standard InChI is InChI=1S/C15H12N2O3/c1-2-12-17-13-14(19)10(8-11(18)15(13)20-12)16-9-6-4-3-5-7-9/h3-7H,2,8H2,1H3. The number of fused-ring (bicyclic) bond motifs is 1. The Bertz CT molecular complexity index is 714. The molecule has 1 heterocycles. The molecule has 1 aromatic carbocycles. The fourth-order valence-electron chi connectivity index (χ4n) is 2.06. The molecule has 0 spiro atoms. The van der Waals surface area contributed by atoms with E-state index in [1.807, 2.05) is 25.1 Å². The second kappa shape index (κ2) is 4.85. The monoisotopic (exact) mass is 268 g/mol. The number of para-hydroxylation sites is 1. The minimum Gasteiger partial charge on any atom is -0.437 e. The van der Waals surface area contributed by atoms with Gasteiger partial charge in [0.15, 0.2) is 11.6 Å². The first-order valence-electron chi connectivity index (χ1n) is 6.39. The fraction of sp³-hybridized carbons (Fsp3) is 0.200. The molecule has 20 heavy (non-hydrogen) atoms. The molecule has 5 heteroatoms. The molecule has 1 aromatic heterocycles. The van der Waals surface area contributed by atoms with Crippen LogP contribution in [0.5, 0.6) is 0 Å². The van der Waals surface area contributed by atoms with Crippen LogP contribution in [-0.2, 0) is 6.42 Å². The van der Waals surface area contributed by atoms with Gasteiger partial charge in [-0.2, -0.15) is 0 Å². The third kappa shape index (κ3) is 2.07. The number of Topliss-reactive ketones (excluding diaryl/α,β-unsaturated/α-hetero) is 2. The second-order valence-electron chi connectivity index (χ2n) is 4.46. The van der Waals surface area contributed by atoms with Crippen molar-refractivity contribution in [2.75, 3.05) is 0 Å². The number of benzene rings is 1. The van der Waals surface area contributed by atoms with Gasteiger partial charge in [0.25, 0.3) is 0 Å². The number of ketones is 2. The van der Waals surface area contributed by atoms with E-state index in [0.29, 0.717) is 18.0 Å². The highest BCUT2D eigenvalue weighted by atomic mass is 16.4. The lowest BCUT2D eigenvalue weighted by Gasteiger charge is -2.09. The van der Waals surface area contributed by atoms with E-state index in [9.17, 15) is 9.59 Å². The number of aliphatic imine (C=N–C) groups is 1. The molecule has 0 amide bonds. The summed E-state index contributed by atoms with van der Waals surface area (Å²) in [5, 5.41) is 0. The topological polar surface area (TPSA) is 72.5 Å². The SMILES string of the molecule is CCc1nc2c(o1)C(=O)CC(=Nc1ccccc1)C2=O. The van der Waals surface area contributed by atoms with Crippen molar-refractivity contribution in [2.45, 2.75) is 19.8 Å².